The number of ether oxygens (including phenoxy) is 1. The summed E-state index contributed by atoms with van der Waals surface area (Å²) in [6.45, 7) is 4.73. The fraction of sp³-hybridized carbons (Fsp3) is 0.0656. The molecular formula is C61H40N4O. The van der Waals surface area contributed by atoms with Gasteiger partial charge in [0.1, 0.15) is 11.5 Å². The molecule has 2 aromatic heterocycles. The van der Waals surface area contributed by atoms with Crippen molar-refractivity contribution in [1.82, 2.24) is 19.5 Å². The van der Waals surface area contributed by atoms with Gasteiger partial charge in [-0.15, -0.1) is 0 Å². The van der Waals surface area contributed by atoms with Gasteiger partial charge in [-0.25, -0.2) is 15.0 Å². The van der Waals surface area contributed by atoms with Crippen molar-refractivity contribution < 1.29 is 4.74 Å². The second-order valence-corrected chi connectivity index (χ2v) is 18.2. The number of nitrogens with zero attached hydrogens (tertiary/aromatic N) is 4. The molecule has 9 aromatic carbocycles. The molecule has 0 bridgehead atoms. The second-order valence-electron chi connectivity index (χ2n) is 18.2. The SMILES string of the molecule is CC1(C)c2ccccc2-c2c1ccc1c3ccccc3n(-c3ccc4c(c3)C3(c5ccccc5Oc5ccccc53)c3cccc(-c5nc(-c6ccccc6)nc(-c6ccccc6)n5)c3-4)c21. The maximum absolute atomic E-state index is 6.82. The van der Waals surface area contributed by atoms with E-state index in [9.17, 15) is 0 Å². The van der Waals surface area contributed by atoms with Gasteiger partial charge in [-0.3, -0.25) is 0 Å². The van der Waals surface area contributed by atoms with Crippen molar-refractivity contribution in [2.45, 2.75) is 24.7 Å². The zero-order chi connectivity index (χ0) is 43.7. The topological polar surface area (TPSA) is 52.8 Å². The number of benzene rings is 9. The third kappa shape index (κ3) is 4.92. The van der Waals surface area contributed by atoms with Crippen LogP contribution in [0.4, 0.5) is 0 Å². The number of fused-ring (bicyclic) bond motifs is 16. The Morgan fingerprint density at radius 1 is 0.394 bits per heavy atom. The van der Waals surface area contributed by atoms with E-state index in [0.29, 0.717) is 17.5 Å². The van der Waals surface area contributed by atoms with E-state index < -0.39 is 5.41 Å². The monoisotopic (exact) mass is 844 g/mol. The number of rotatable bonds is 4. The number of para-hydroxylation sites is 3. The third-order valence-electron chi connectivity index (χ3n) is 14.5. The molecular weight excluding hydrogens is 805 g/mol. The molecule has 3 aliphatic rings. The van der Waals surface area contributed by atoms with Crippen LogP contribution < -0.4 is 4.74 Å². The van der Waals surface area contributed by atoms with Gasteiger partial charge in [-0.2, -0.15) is 0 Å². The highest BCUT2D eigenvalue weighted by Gasteiger charge is 2.52. The maximum atomic E-state index is 6.82. The fourth-order valence-electron chi connectivity index (χ4n) is 11.7. The van der Waals surface area contributed by atoms with E-state index in [1.165, 1.54) is 49.6 Å². The molecule has 0 fully saturated rings. The Kier molecular flexibility index (Phi) is 7.60. The van der Waals surface area contributed by atoms with E-state index in [4.69, 9.17) is 19.7 Å². The van der Waals surface area contributed by atoms with Gasteiger partial charge < -0.3 is 9.30 Å². The predicted octanol–water partition coefficient (Wildman–Crippen LogP) is 14.7. The Balaban J connectivity index is 1.10. The van der Waals surface area contributed by atoms with Crippen LogP contribution in [0.15, 0.2) is 206 Å². The Morgan fingerprint density at radius 3 is 1.67 bits per heavy atom. The van der Waals surface area contributed by atoms with Crippen LogP contribution in [0, 0.1) is 0 Å². The molecule has 5 nitrogen and oxygen atoms in total. The molecule has 0 radical (unpaired) electrons. The molecule has 1 aliphatic heterocycles. The Bertz CT molecular complexity index is 3730. The van der Waals surface area contributed by atoms with Crippen LogP contribution >= 0.6 is 0 Å². The summed E-state index contributed by atoms with van der Waals surface area (Å²) < 4.78 is 9.35. The summed E-state index contributed by atoms with van der Waals surface area (Å²) in [7, 11) is 0. The van der Waals surface area contributed by atoms with Crippen LogP contribution in [0.3, 0.4) is 0 Å². The standard InChI is InChI=1S/C61H40N4O/c1-60(2)45-25-11-9-23-42(45)55-48(60)35-34-41-40-22-10-14-29-51(40)65(56(41)55)39-32-33-43-50(36-39)61(46-26-12-15-30-52(46)66-53-31-16-13-27-47(53)61)49-28-17-24-44(54(43)49)59-63-57(37-18-5-3-6-19-37)62-58(64-59)38-20-7-4-8-21-38/h3-36H,1-2H3. The molecule has 1 spiro atoms. The van der Waals surface area contributed by atoms with Crippen molar-refractivity contribution >= 4 is 21.8 Å². The Hall–Kier alpha value is -8.41. The van der Waals surface area contributed by atoms with Gasteiger partial charge in [-0.05, 0) is 69.3 Å². The van der Waals surface area contributed by atoms with Crippen LogP contribution in [-0.2, 0) is 10.8 Å². The first kappa shape index (κ1) is 37.0. The van der Waals surface area contributed by atoms with Crippen LogP contribution in [0.2, 0.25) is 0 Å². The first-order valence-corrected chi connectivity index (χ1v) is 22.7. The molecule has 0 saturated heterocycles. The van der Waals surface area contributed by atoms with E-state index in [2.05, 4.69) is 188 Å². The minimum atomic E-state index is -0.741. The summed E-state index contributed by atoms with van der Waals surface area (Å²) in [5.74, 6) is 3.57. The average Bonchev–Trinajstić information content (AvgIpc) is 3.95. The van der Waals surface area contributed by atoms with Gasteiger partial charge in [0.15, 0.2) is 17.5 Å². The summed E-state index contributed by atoms with van der Waals surface area (Å²) in [5, 5.41) is 2.48. The van der Waals surface area contributed by atoms with Crippen molar-refractivity contribution in [3.8, 4) is 73.6 Å². The molecule has 14 rings (SSSR count). The lowest BCUT2D eigenvalue weighted by atomic mass is 9.66. The van der Waals surface area contributed by atoms with Crippen LogP contribution in [-0.4, -0.2) is 19.5 Å². The average molecular weight is 845 g/mol. The van der Waals surface area contributed by atoms with Gasteiger partial charge in [0.25, 0.3) is 0 Å². The van der Waals surface area contributed by atoms with Gasteiger partial charge in [0.05, 0.1) is 16.4 Å². The van der Waals surface area contributed by atoms with E-state index in [0.717, 1.165) is 61.7 Å². The summed E-state index contributed by atoms with van der Waals surface area (Å²) in [4.78, 5) is 15.7. The zero-order valence-corrected chi connectivity index (χ0v) is 36.3. The molecule has 0 N–H and O–H groups in total. The molecule has 11 aromatic rings. The molecule has 2 aliphatic carbocycles. The van der Waals surface area contributed by atoms with Gasteiger partial charge in [0, 0.05) is 55.3 Å². The lowest BCUT2D eigenvalue weighted by Gasteiger charge is -2.39. The first-order chi connectivity index (χ1) is 32.5. The summed E-state index contributed by atoms with van der Waals surface area (Å²) in [6.07, 6.45) is 0. The molecule has 5 heteroatoms. The molecule has 0 unspecified atom stereocenters. The highest BCUT2D eigenvalue weighted by atomic mass is 16.5. The van der Waals surface area contributed by atoms with E-state index in [1.54, 1.807) is 0 Å². The molecule has 3 heterocycles. The third-order valence-corrected chi connectivity index (χ3v) is 14.5. The lowest BCUT2D eigenvalue weighted by Crippen LogP contribution is -2.32. The van der Waals surface area contributed by atoms with Crippen molar-refractivity contribution in [1.29, 1.82) is 0 Å². The minimum absolute atomic E-state index is 0.146. The molecule has 310 valence electrons. The molecule has 0 amide bonds. The quantitative estimate of drug-likeness (QED) is 0.177. The van der Waals surface area contributed by atoms with Crippen LogP contribution in [0.1, 0.15) is 47.2 Å². The lowest BCUT2D eigenvalue weighted by molar-refractivity contribution is 0.436. The van der Waals surface area contributed by atoms with Crippen LogP contribution in [0.5, 0.6) is 11.5 Å². The van der Waals surface area contributed by atoms with E-state index in [1.807, 2.05) is 36.4 Å². The highest BCUT2D eigenvalue weighted by Crippen LogP contribution is 2.64. The van der Waals surface area contributed by atoms with Gasteiger partial charge >= 0.3 is 0 Å². The number of hydrogen-bond acceptors (Lipinski definition) is 4. The molecule has 0 saturated carbocycles. The first-order valence-electron chi connectivity index (χ1n) is 22.7. The van der Waals surface area contributed by atoms with Crippen molar-refractivity contribution in [2.75, 3.05) is 0 Å². The largest absolute Gasteiger partial charge is 0.457 e. The summed E-state index contributed by atoms with van der Waals surface area (Å²) >= 11 is 0. The fourth-order valence-corrected chi connectivity index (χ4v) is 11.7. The summed E-state index contributed by atoms with van der Waals surface area (Å²) in [6, 6.07) is 74.0. The highest BCUT2D eigenvalue weighted by molar-refractivity contribution is 6.15. The van der Waals surface area contributed by atoms with Crippen LogP contribution in [0.25, 0.3) is 83.9 Å². The van der Waals surface area contributed by atoms with Crippen molar-refractivity contribution in [2.24, 2.45) is 0 Å². The molecule has 0 atom stereocenters. The minimum Gasteiger partial charge on any atom is -0.457 e. The maximum Gasteiger partial charge on any atom is 0.164 e. The zero-order valence-electron chi connectivity index (χ0n) is 36.3. The van der Waals surface area contributed by atoms with Gasteiger partial charge in [-0.1, -0.05) is 190 Å². The number of hydrogen-bond donors (Lipinski definition) is 0. The normalized spacial score (nSPS) is 14.3. The Labute approximate surface area is 382 Å². The Morgan fingerprint density at radius 2 is 0.955 bits per heavy atom. The predicted molar refractivity (Wildman–Crippen MR) is 265 cm³/mol. The van der Waals surface area contributed by atoms with Gasteiger partial charge in [0.2, 0.25) is 0 Å². The number of aromatic nitrogens is 4. The van der Waals surface area contributed by atoms with Crippen molar-refractivity contribution in [3.63, 3.8) is 0 Å². The van der Waals surface area contributed by atoms with E-state index in [-0.39, 0.29) is 5.41 Å². The smallest absolute Gasteiger partial charge is 0.164 e. The molecule has 66 heavy (non-hydrogen) atoms. The summed E-state index contributed by atoms with van der Waals surface area (Å²) in [5.41, 5.74) is 17.6. The van der Waals surface area contributed by atoms with Crippen molar-refractivity contribution in [3.05, 3.63) is 240 Å². The van der Waals surface area contributed by atoms with E-state index >= 15 is 0 Å². The second kappa shape index (κ2) is 13.6.